The Morgan fingerprint density at radius 2 is 0.681 bits per heavy atom. The van der Waals surface area contributed by atoms with Crippen molar-refractivity contribution in [3.05, 3.63) is 203 Å². The number of rotatable bonds is 12. The van der Waals surface area contributed by atoms with Crippen LogP contribution in [0.5, 0.6) is 0 Å². The lowest BCUT2D eigenvalue weighted by Crippen LogP contribution is -2.37. The van der Waals surface area contributed by atoms with Gasteiger partial charge in [0.05, 0.1) is 27.5 Å². The van der Waals surface area contributed by atoms with Gasteiger partial charge < -0.3 is 9.80 Å². The summed E-state index contributed by atoms with van der Waals surface area (Å²) in [6.45, 7) is 33.1. The molecule has 10 aromatic rings. The molecule has 0 unspecified atom stereocenters. The van der Waals surface area contributed by atoms with E-state index in [0.717, 1.165) is 0 Å². The molecule has 0 heterocycles. The Balaban J connectivity index is 1.31. The second-order valence-electron chi connectivity index (χ2n) is 23.2. The average molecular weight is 974 g/mol. The van der Waals surface area contributed by atoms with Gasteiger partial charge in [-0.2, -0.15) is 0 Å². The molecule has 0 bridgehead atoms. The maximum Gasteiger partial charge on any atom is 0.0775 e. The van der Waals surface area contributed by atoms with Gasteiger partial charge >= 0.3 is 0 Å². The largest absolute Gasteiger partial charge is 0.310 e. The Morgan fingerprint density at radius 1 is 0.333 bits per heavy atom. The van der Waals surface area contributed by atoms with E-state index in [9.17, 15) is 0 Å². The van der Waals surface area contributed by atoms with Crippen LogP contribution in [0.3, 0.4) is 0 Å². The molecule has 362 valence electrons. The summed E-state index contributed by atoms with van der Waals surface area (Å²) in [4.78, 5) is 5.17. The molecular weight excluding hydrogens is 901 g/mol. The predicted octanol–water partition coefficient (Wildman–Crippen LogP) is 19.4. The van der Waals surface area contributed by atoms with E-state index < -0.39 is 16.1 Å². The van der Waals surface area contributed by atoms with E-state index in [0.29, 0.717) is 0 Å². The quantitative estimate of drug-likeness (QED) is 0.0889. The van der Waals surface area contributed by atoms with Crippen molar-refractivity contribution in [2.45, 2.75) is 107 Å². The summed E-state index contributed by atoms with van der Waals surface area (Å²) in [6, 6.07) is 65.7. The molecule has 4 heteroatoms. The minimum atomic E-state index is -1.57. The number of aryl methyl sites for hydroxylation is 4. The Labute approximate surface area is 432 Å². The molecule has 0 saturated heterocycles. The summed E-state index contributed by atoms with van der Waals surface area (Å²) >= 11 is 0. The molecule has 10 aromatic carbocycles. The molecule has 72 heavy (non-hydrogen) atoms. The summed E-state index contributed by atoms with van der Waals surface area (Å²) in [7, 11) is -3.14. The van der Waals surface area contributed by atoms with Gasteiger partial charge in [-0.15, -0.1) is 0 Å². The molecule has 0 N–H and O–H groups in total. The van der Waals surface area contributed by atoms with E-state index in [1.807, 2.05) is 0 Å². The van der Waals surface area contributed by atoms with E-state index in [4.69, 9.17) is 0 Å². The minimum Gasteiger partial charge on any atom is -0.310 e. The fourth-order valence-corrected chi connectivity index (χ4v) is 13.5. The topological polar surface area (TPSA) is 6.48 Å². The molecule has 0 aliphatic heterocycles. The van der Waals surface area contributed by atoms with Gasteiger partial charge in [0.1, 0.15) is 0 Å². The molecule has 0 saturated carbocycles. The van der Waals surface area contributed by atoms with Gasteiger partial charge in [-0.3, -0.25) is 0 Å². The second kappa shape index (κ2) is 18.7. The molecule has 0 spiro atoms. The van der Waals surface area contributed by atoms with Crippen molar-refractivity contribution >= 4 is 93.0 Å². The molecule has 0 aromatic heterocycles. The maximum atomic E-state index is 2.58. The molecule has 0 radical (unpaired) electrons. The van der Waals surface area contributed by atoms with Crippen molar-refractivity contribution in [2.75, 3.05) is 9.80 Å². The highest BCUT2D eigenvalue weighted by Gasteiger charge is 2.28. The Kier molecular flexibility index (Phi) is 12.7. The van der Waals surface area contributed by atoms with Crippen LogP contribution >= 0.6 is 0 Å². The average Bonchev–Trinajstić information content (AvgIpc) is 3.35. The van der Waals surface area contributed by atoms with Crippen LogP contribution < -0.4 is 20.2 Å². The first-order chi connectivity index (χ1) is 34.3. The Morgan fingerprint density at radius 3 is 1.01 bits per heavy atom. The van der Waals surface area contributed by atoms with E-state index >= 15 is 0 Å². The fourth-order valence-electron chi connectivity index (χ4n) is 11.2. The van der Waals surface area contributed by atoms with Crippen LogP contribution in [0, 0.1) is 27.7 Å². The lowest BCUT2D eigenvalue weighted by molar-refractivity contribution is 0.875. The lowest BCUT2D eigenvalue weighted by atomic mass is 9.84. The molecule has 0 amide bonds. The van der Waals surface area contributed by atoms with Gasteiger partial charge in [-0.05, 0) is 165 Å². The van der Waals surface area contributed by atoms with Crippen molar-refractivity contribution in [1.82, 2.24) is 0 Å². The standard InChI is InChI=1S/C68H72N2Si2/c1-43(2)61-41-65(69(51-27-31-53(32-28-51)71(9,10)11)63-39-49(25-23-47(63)7)55-21-17-15-19-45(55)5)59-38-36-58-62(44(3)4)42-66(60-37-35-57(61)67(59)68(58)60)70(52-29-33-54(34-30-52)72(12,13)14)64-40-50(26-24-48(64)8)56-22-18-16-20-46(56)6/h15-44H,1-14H3. The second-order valence-corrected chi connectivity index (χ2v) is 33.4. The van der Waals surface area contributed by atoms with Crippen molar-refractivity contribution in [3.8, 4) is 22.3 Å². The zero-order valence-electron chi connectivity index (χ0n) is 45.2. The van der Waals surface area contributed by atoms with Gasteiger partial charge in [0, 0.05) is 33.5 Å². The van der Waals surface area contributed by atoms with Crippen LogP contribution in [0.2, 0.25) is 39.3 Å². The summed E-state index contributed by atoms with van der Waals surface area (Å²) in [5, 5.41) is 10.8. The summed E-state index contributed by atoms with van der Waals surface area (Å²) in [5.41, 5.74) is 19.9. The first-order valence-corrected chi connectivity index (χ1v) is 33.2. The first kappa shape index (κ1) is 48.9. The summed E-state index contributed by atoms with van der Waals surface area (Å²) < 4.78 is 0. The van der Waals surface area contributed by atoms with Crippen LogP contribution in [-0.2, 0) is 0 Å². The highest BCUT2D eigenvalue weighted by atomic mass is 28.3. The van der Waals surface area contributed by atoms with Gasteiger partial charge in [-0.25, -0.2) is 0 Å². The third-order valence-electron chi connectivity index (χ3n) is 15.4. The smallest absolute Gasteiger partial charge is 0.0775 e. The van der Waals surface area contributed by atoms with Crippen LogP contribution in [0.4, 0.5) is 34.1 Å². The summed E-state index contributed by atoms with van der Waals surface area (Å²) in [6.07, 6.45) is 0. The molecule has 10 rings (SSSR count). The molecule has 0 atom stereocenters. The highest BCUT2D eigenvalue weighted by Crippen LogP contribution is 2.52. The number of benzene rings is 10. The number of hydrogen-bond donors (Lipinski definition) is 0. The van der Waals surface area contributed by atoms with E-state index in [1.54, 1.807) is 0 Å². The van der Waals surface area contributed by atoms with Gasteiger partial charge in [-0.1, -0.05) is 199 Å². The van der Waals surface area contributed by atoms with Gasteiger partial charge in [0.25, 0.3) is 0 Å². The zero-order valence-corrected chi connectivity index (χ0v) is 47.2. The number of nitrogens with zero attached hydrogens (tertiary/aromatic N) is 2. The van der Waals surface area contributed by atoms with E-state index in [-0.39, 0.29) is 11.8 Å². The van der Waals surface area contributed by atoms with Crippen LogP contribution in [-0.4, -0.2) is 16.1 Å². The molecular formula is C68H72N2Si2. The van der Waals surface area contributed by atoms with Crippen molar-refractivity contribution in [2.24, 2.45) is 0 Å². The predicted molar refractivity (Wildman–Crippen MR) is 323 cm³/mol. The number of anilines is 6. The SMILES string of the molecule is Cc1ccccc1-c1ccc(C)c(N(c2ccc([Si](C)(C)C)cc2)c2cc(C(C)C)c3ccc4c(N(c5ccc([Si](C)(C)C)cc5)c5cc(-c6ccccc6C)ccc5C)cc(C(C)C)c5ccc2c3c54)c1. The zero-order chi connectivity index (χ0) is 51.0. The van der Waals surface area contributed by atoms with E-state index in [2.05, 4.69) is 274 Å². The highest BCUT2D eigenvalue weighted by molar-refractivity contribution is 6.89. The first-order valence-electron chi connectivity index (χ1n) is 26.2. The molecule has 0 aliphatic rings. The Bertz CT molecular complexity index is 3400. The fraction of sp³-hybridized carbons (Fsp3) is 0.235. The summed E-state index contributed by atoms with van der Waals surface area (Å²) in [5.74, 6) is 0.558. The monoisotopic (exact) mass is 973 g/mol. The normalized spacial score (nSPS) is 12.3. The maximum absolute atomic E-state index is 2.58. The molecule has 0 fully saturated rings. The van der Waals surface area contributed by atoms with Crippen molar-refractivity contribution in [3.63, 3.8) is 0 Å². The molecule has 2 nitrogen and oxygen atoms in total. The lowest BCUT2D eigenvalue weighted by Gasteiger charge is -2.33. The van der Waals surface area contributed by atoms with Gasteiger partial charge in [0.15, 0.2) is 0 Å². The van der Waals surface area contributed by atoms with Crippen molar-refractivity contribution in [1.29, 1.82) is 0 Å². The van der Waals surface area contributed by atoms with Crippen LogP contribution in [0.25, 0.3) is 54.6 Å². The van der Waals surface area contributed by atoms with Gasteiger partial charge in [0.2, 0.25) is 0 Å². The third-order valence-corrected chi connectivity index (χ3v) is 19.6. The third kappa shape index (κ3) is 8.77. The van der Waals surface area contributed by atoms with E-state index in [1.165, 1.54) is 132 Å². The minimum absolute atomic E-state index is 0.279. The van der Waals surface area contributed by atoms with Crippen molar-refractivity contribution < 1.29 is 0 Å². The van der Waals surface area contributed by atoms with Crippen LogP contribution in [0.15, 0.2) is 170 Å². The Hall–Kier alpha value is -6.73. The molecule has 0 aliphatic carbocycles. The number of hydrogen-bond acceptors (Lipinski definition) is 2. The van der Waals surface area contributed by atoms with Crippen LogP contribution in [0.1, 0.15) is 72.9 Å².